The van der Waals surface area contributed by atoms with Gasteiger partial charge < -0.3 is 19.0 Å². The molecule has 8 heteroatoms. The number of benzene rings is 2. The quantitative estimate of drug-likeness (QED) is 0.330. The Morgan fingerprint density at radius 3 is 2.32 bits per heavy atom. The molecule has 2 aromatic carbocycles. The molecule has 2 atom stereocenters. The minimum absolute atomic E-state index is 0.115. The van der Waals surface area contributed by atoms with Gasteiger partial charge in [-0.05, 0) is 49.5 Å². The monoisotopic (exact) mass is 467 g/mol. The summed E-state index contributed by atoms with van der Waals surface area (Å²) >= 11 is 7.18. The third-order valence-corrected chi connectivity index (χ3v) is 4.64. The van der Waals surface area contributed by atoms with Gasteiger partial charge in [-0.1, -0.05) is 58.4 Å². The zero-order chi connectivity index (χ0) is 20.4. The lowest BCUT2D eigenvalue weighted by molar-refractivity contribution is -0.152. The Hall–Kier alpha value is -2.03. The van der Waals surface area contributed by atoms with E-state index in [1.807, 2.05) is 54.6 Å². The van der Waals surface area contributed by atoms with Crippen LogP contribution < -0.4 is 5.32 Å². The highest BCUT2D eigenvalue weighted by atomic mass is 79.9. The molecule has 0 heterocycles. The van der Waals surface area contributed by atoms with E-state index in [1.165, 1.54) is 0 Å². The van der Waals surface area contributed by atoms with Gasteiger partial charge in [0.15, 0.2) is 6.10 Å². The zero-order valence-electron chi connectivity index (χ0n) is 15.3. The summed E-state index contributed by atoms with van der Waals surface area (Å²) in [7, 11) is 0. The van der Waals surface area contributed by atoms with Crippen molar-refractivity contribution in [1.29, 1.82) is 0 Å². The molecule has 0 saturated carbocycles. The predicted molar refractivity (Wildman–Crippen MR) is 112 cm³/mol. The summed E-state index contributed by atoms with van der Waals surface area (Å²) in [6.45, 7) is 2.00. The Kier molecular flexibility index (Phi) is 9.33. The predicted octanol–water partition coefficient (Wildman–Crippen LogP) is 4.08. The van der Waals surface area contributed by atoms with Crippen molar-refractivity contribution in [3.63, 3.8) is 0 Å². The number of carbonyl (C=O) groups is 2. The Labute approximate surface area is 178 Å². The van der Waals surface area contributed by atoms with Gasteiger partial charge in [0.2, 0.25) is 0 Å². The average molecular weight is 468 g/mol. The summed E-state index contributed by atoms with van der Waals surface area (Å²) in [5, 5.41) is 2.69. The summed E-state index contributed by atoms with van der Waals surface area (Å²) < 4.78 is 16.2. The van der Waals surface area contributed by atoms with Gasteiger partial charge in [0.05, 0.1) is 12.6 Å². The van der Waals surface area contributed by atoms with Gasteiger partial charge in [0, 0.05) is 4.47 Å². The highest BCUT2D eigenvalue weighted by molar-refractivity contribution is 9.10. The number of thiol groups is 1. The minimum atomic E-state index is -1.09. The van der Waals surface area contributed by atoms with Crippen molar-refractivity contribution in [1.82, 2.24) is 5.32 Å². The molecule has 0 radical (unpaired) electrons. The maximum absolute atomic E-state index is 12.3. The number of ether oxygens (including phenoxy) is 2. The van der Waals surface area contributed by atoms with Gasteiger partial charge in [-0.2, -0.15) is 0 Å². The summed E-state index contributed by atoms with van der Waals surface area (Å²) in [5.41, 5.74) is 1.76. The highest BCUT2D eigenvalue weighted by Gasteiger charge is 2.32. The van der Waals surface area contributed by atoms with Crippen LogP contribution in [0.3, 0.4) is 0 Å². The van der Waals surface area contributed by atoms with Crippen LogP contribution in [0.5, 0.6) is 0 Å². The Balaban J connectivity index is 2.08. The lowest BCUT2D eigenvalue weighted by Crippen LogP contribution is -2.49. The second-order valence-electron chi connectivity index (χ2n) is 5.92. The highest BCUT2D eigenvalue weighted by Crippen LogP contribution is 2.16. The molecule has 1 amide bonds. The van der Waals surface area contributed by atoms with Crippen LogP contribution in [-0.4, -0.2) is 30.8 Å². The smallest absolute Gasteiger partial charge is 0.407 e. The zero-order valence-corrected chi connectivity index (χ0v) is 17.8. The molecule has 0 spiro atoms. The Morgan fingerprint density at radius 1 is 1.04 bits per heavy atom. The molecule has 28 heavy (non-hydrogen) atoms. The lowest BCUT2D eigenvalue weighted by Gasteiger charge is -2.24. The minimum Gasteiger partial charge on any atom is -0.464 e. The van der Waals surface area contributed by atoms with Crippen LogP contribution in [0.1, 0.15) is 18.1 Å². The van der Waals surface area contributed by atoms with Crippen molar-refractivity contribution >= 4 is 40.9 Å². The second kappa shape index (κ2) is 11.7. The van der Waals surface area contributed by atoms with Gasteiger partial charge in [-0.25, -0.2) is 9.59 Å². The van der Waals surface area contributed by atoms with Crippen molar-refractivity contribution in [2.24, 2.45) is 0 Å². The van der Waals surface area contributed by atoms with Crippen molar-refractivity contribution in [3.8, 4) is 0 Å². The molecule has 150 valence electrons. The fourth-order valence-corrected chi connectivity index (χ4v) is 3.03. The molecule has 0 bridgehead atoms. The number of hydrogen-bond acceptors (Lipinski definition) is 6. The standard InChI is InChI=1S/C20H22BrNO5S/c1-2-25-19(23)18(27-28)17(12-14-8-10-16(21)11-9-14)22-20(24)26-13-15-6-4-3-5-7-15/h3-11,17-18,28H,2,12-13H2,1H3,(H,22,24)/t17-,18?/m1/s1. The molecule has 0 aromatic heterocycles. The normalized spacial score (nSPS) is 12.7. The van der Waals surface area contributed by atoms with Crippen LogP contribution in [-0.2, 0) is 31.5 Å². The van der Waals surface area contributed by atoms with Gasteiger partial charge in [0.1, 0.15) is 6.61 Å². The maximum atomic E-state index is 12.3. The van der Waals surface area contributed by atoms with Crippen LogP contribution in [0.15, 0.2) is 59.1 Å². The van der Waals surface area contributed by atoms with Crippen LogP contribution in [0, 0.1) is 0 Å². The first-order valence-electron chi connectivity index (χ1n) is 8.72. The van der Waals surface area contributed by atoms with Crippen molar-refractivity contribution in [2.45, 2.75) is 32.1 Å². The molecule has 0 fully saturated rings. The number of rotatable bonds is 9. The number of hydrogen-bond donors (Lipinski definition) is 2. The van der Waals surface area contributed by atoms with E-state index in [-0.39, 0.29) is 13.2 Å². The van der Waals surface area contributed by atoms with Crippen LogP contribution in [0.2, 0.25) is 0 Å². The maximum Gasteiger partial charge on any atom is 0.407 e. The largest absolute Gasteiger partial charge is 0.464 e. The van der Waals surface area contributed by atoms with Crippen LogP contribution in [0.4, 0.5) is 4.79 Å². The summed E-state index contributed by atoms with van der Waals surface area (Å²) in [6, 6.07) is 16.1. The summed E-state index contributed by atoms with van der Waals surface area (Å²) in [4.78, 5) is 24.5. The lowest BCUT2D eigenvalue weighted by atomic mass is 10.0. The van der Waals surface area contributed by atoms with Crippen molar-refractivity contribution in [2.75, 3.05) is 6.61 Å². The first-order valence-corrected chi connectivity index (χ1v) is 9.87. The topological polar surface area (TPSA) is 73.9 Å². The van der Waals surface area contributed by atoms with E-state index in [0.29, 0.717) is 6.42 Å². The van der Waals surface area contributed by atoms with E-state index in [1.54, 1.807) is 6.92 Å². The third-order valence-electron chi connectivity index (χ3n) is 3.88. The molecule has 2 rings (SSSR count). The van der Waals surface area contributed by atoms with E-state index in [2.05, 4.69) is 34.2 Å². The van der Waals surface area contributed by atoms with E-state index >= 15 is 0 Å². The van der Waals surface area contributed by atoms with Crippen molar-refractivity contribution in [3.05, 3.63) is 70.2 Å². The van der Waals surface area contributed by atoms with Gasteiger partial charge >= 0.3 is 12.1 Å². The molecule has 6 nitrogen and oxygen atoms in total. The van der Waals surface area contributed by atoms with E-state index in [9.17, 15) is 9.59 Å². The number of esters is 1. The first kappa shape index (κ1) is 22.3. The number of nitrogens with one attached hydrogen (secondary N) is 1. The van der Waals surface area contributed by atoms with Crippen molar-refractivity contribution < 1.29 is 23.2 Å². The Morgan fingerprint density at radius 2 is 1.71 bits per heavy atom. The summed E-state index contributed by atoms with van der Waals surface area (Å²) in [6.07, 6.45) is -1.42. The molecule has 2 aromatic rings. The molecule has 0 saturated heterocycles. The fraction of sp³-hybridized carbons (Fsp3) is 0.300. The second-order valence-corrected chi connectivity index (χ2v) is 7.05. The Bertz CT molecular complexity index is 757. The van der Waals surface area contributed by atoms with Crippen LogP contribution in [0.25, 0.3) is 0 Å². The SMILES string of the molecule is CCOC(=O)C(OS)[C@@H](Cc1ccc(Br)cc1)NC(=O)OCc1ccccc1. The van der Waals surface area contributed by atoms with Crippen LogP contribution >= 0.6 is 28.8 Å². The molecule has 1 unspecified atom stereocenters. The van der Waals surface area contributed by atoms with Gasteiger partial charge in [-0.15, -0.1) is 0 Å². The number of amides is 1. The van der Waals surface area contributed by atoms with E-state index in [0.717, 1.165) is 15.6 Å². The van der Waals surface area contributed by atoms with E-state index < -0.39 is 24.2 Å². The molecule has 1 N–H and O–H groups in total. The molecule has 0 aliphatic heterocycles. The third kappa shape index (κ3) is 7.18. The summed E-state index contributed by atoms with van der Waals surface area (Å²) in [5.74, 6) is -0.608. The molecular weight excluding hydrogens is 446 g/mol. The van der Waals surface area contributed by atoms with Gasteiger partial charge in [-0.3, -0.25) is 0 Å². The number of alkyl carbamates (subject to hydrolysis) is 1. The number of halogens is 1. The molecular formula is C20H22BrNO5S. The molecule has 0 aliphatic rings. The molecule has 0 aliphatic carbocycles. The average Bonchev–Trinajstić information content (AvgIpc) is 2.69. The number of carbonyl (C=O) groups excluding carboxylic acids is 2. The van der Waals surface area contributed by atoms with Gasteiger partial charge in [0.25, 0.3) is 0 Å². The fourth-order valence-electron chi connectivity index (χ4n) is 2.53. The van der Waals surface area contributed by atoms with E-state index in [4.69, 9.17) is 13.7 Å². The first-order chi connectivity index (χ1) is 13.5.